The summed E-state index contributed by atoms with van der Waals surface area (Å²) in [7, 11) is 0. The molecule has 0 bridgehead atoms. The third-order valence-electron chi connectivity index (χ3n) is 4.23. The Morgan fingerprint density at radius 1 is 0.731 bits per heavy atom. The van der Waals surface area contributed by atoms with Crippen molar-refractivity contribution in [2.75, 3.05) is 0 Å². The molecule has 0 saturated heterocycles. The van der Waals surface area contributed by atoms with E-state index in [1.54, 1.807) is 0 Å². The molecule has 0 fully saturated rings. The van der Waals surface area contributed by atoms with Crippen molar-refractivity contribution in [3.05, 3.63) is 96.3 Å². The predicted octanol–water partition coefficient (Wildman–Crippen LogP) is 5.40. The first-order valence-electron chi connectivity index (χ1n) is 8.53. The molecule has 128 valence electrons. The van der Waals surface area contributed by atoms with Crippen LogP contribution in [0.3, 0.4) is 0 Å². The summed E-state index contributed by atoms with van der Waals surface area (Å²) in [5.74, 6) is 0.410. The number of rotatable bonds is 5. The summed E-state index contributed by atoms with van der Waals surface area (Å²) in [6, 6.07) is 28.6. The van der Waals surface area contributed by atoms with Crippen LogP contribution in [0.4, 0.5) is 0 Å². The molecule has 0 N–H and O–H groups in total. The molecule has 2 heterocycles. The van der Waals surface area contributed by atoms with E-state index in [9.17, 15) is 0 Å². The predicted molar refractivity (Wildman–Crippen MR) is 106 cm³/mol. The van der Waals surface area contributed by atoms with E-state index in [2.05, 4.69) is 35.3 Å². The Bertz CT molecular complexity index is 994. The smallest absolute Gasteiger partial charge is 0.0929 e. The summed E-state index contributed by atoms with van der Waals surface area (Å²) in [4.78, 5) is 4.61. The minimum atomic E-state index is 0.410. The van der Waals surface area contributed by atoms with Crippen LogP contribution in [0.1, 0.15) is 11.4 Å². The average Bonchev–Trinajstić information content (AvgIpc) is 3.13. The van der Waals surface area contributed by atoms with Gasteiger partial charge in [-0.2, -0.15) is 5.10 Å². The summed E-state index contributed by atoms with van der Waals surface area (Å²) >= 11 is 5.93. The van der Waals surface area contributed by atoms with Gasteiger partial charge in [0.25, 0.3) is 0 Å². The maximum absolute atomic E-state index is 5.93. The minimum Gasteiger partial charge on any atom is -0.258 e. The van der Waals surface area contributed by atoms with Gasteiger partial charge in [0.1, 0.15) is 0 Å². The van der Waals surface area contributed by atoms with Crippen LogP contribution >= 0.6 is 11.6 Å². The second kappa shape index (κ2) is 7.54. The molecule has 4 rings (SSSR count). The van der Waals surface area contributed by atoms with E-state index < -0.39 is 0 Å². The van der Waals surface area contributed by atoms with Gasteiger partial charge in [0.2, 0.25) is 0 Å². The number of alkyl halides is 1. The highest BCUT2D eigenvalue weighted by molar-refractivity contribution is 6.16. The summed E-state index contributed by atoms with van der Waals surface area (Å²) in [6.07, 6.45) is 0. The lowest BCUT2D eigenvalue weighted by Crippen LogP contribution is -2.06. The quantitative estimate of drug-likeness (QED) is 0.447. The van der Waals surface area contributed by atoms with Gasteiger partial charge in [0, 0.05) is 5.56 Å². The molecule has 4 aromatic rings. The molecule has 0 radical (unpaired) electrons. The summed E-state index contributed by atoms with van der Waals surface area (Å²) in [5, 5.41) is 4.85. The van der Waals surface area contributed by atoms with Crippen molar-refractivity contribution in [1.82, 2.24) is 14.8 Å². The molecule has 26 heavy (non-hydrogen) atoms. The Kier molecular flexibility index (Phi) is 4.80. The molecule has 0 spiro atoms. The van der Waals surface area contributed by atoms with Gasteiger partial charge in [-0.15, -0.1) is 11.6 Å². The van der Waals surface area contributed by atoms with Gasteiger partial charge in [-0.25, -0.2) is 0 Å². The van der Waals surface area contributed by atoms with Crippen molar-refractivity contribution in [1.29, 1.82) is 0 Å². The molecule has 0 aliphatic carbocycles. The lowest BCUT2D eigenvalue weighted by Gasteiger charge is -2.08. The Balaban J connectivity index is 1.77. The minimum absolute atomic E-state index is 0.410. The monoisotopic (exact) mass is 359 g/mol. The fourth-order valence-electron chi connectivity index (χ4n) is 2.97. The largest absolute Gasteiger partial charge is 0.258 e. The van der Waals surface area contributed by atoms with Crippen LogP contribution in [0, 0.1) is 0 Å². The molecule has 0 aliphatic heterocycles. The first kappa shape index (κ1) is 16.6. The number of halogens is 1. The third kappa shape index (κ3) is 3.53. The standard InChI is InChI=1S/C22H18ClN3/c23-15-19-12-7-13-20(24-19)16-26-22(18-10-5-2-6-11-18)14-21(25-26)17-8-3-1-4-9-17/h1-14H,15-16H2. The van der Waals surface area contributed by atoms with Crippen LogP contribution in [0.2, 0.25) is 0 Å². The number of pyridine rings is 1. The van der Waals surface area contributed by atoms with Crippen LogP contribution in [-0.4, -0.2) is 14.8 Å². The first-order chi connectivity index (χ1) is 12.8. The van der Waals surface area contributed by atoms with Gasteiger partial charge < -0.3 is 0 Å². The van der Waals surface area contributed by atoms with Crippen LogP contribution in [0.15, 0.2) is 84.9 Å². The first-order valence-corrected chi connectivity index (χ1v) is 9.06. The van der Waals surface area contributed by atoms with Gasteiger partial charge in [0.15, 0.2) is 0 Å². The number of nitrogens with zero attached hydrogens (tertiary/aromatic N) is 3. The van der Waals surface area contributed by atoms with Gasteiger partial charge in [-0.05, 0) is 23.8 Å². The van der Waals surface area contributed by atoms with Crippen molar-refractivity contribution in [2.45, 2.75) is 12.4 Å². The average molecular weight is 360 g/mol. The normalized spacial score (nSPS) is 10.8. The fourth-order valence-corrected chi connectivity index (χ4v) is 3.12. The highest BCUT2D eigenvalue weighted by atomic mass is 35.5. The van der Waals surface area contributed by atoms with E-state index in [1.807, 2.05) is 59.3 Å². The molecule has 2 aromatic heterocycles. The summed E-state index contributed by atoms with van der Waals surface area (Å²) in [5.41, 5.74) is 6.09. The van der Waals surface area contributed by atoms with Crippen molar-refractivity contribution < 1.29 is 0 Å². The van der Waals surface area contributed by atoms with Crippen molar-refractivity contribution in [2.24, 2.45) is 0 Å². The SMILES string of the molecule is ClCc1cccc(Cn2nc(-c3ccccc3)cc2-c2ccccc2)n1. The fraction of sp³-hybridized carbons (Fsp3) is 0.0909. The van der Waals surface area contributed by atoms with Crippen LogP contribution in [0.25, 0.3) is 22.5 Å². The lowest BCUT2D eigenvalue weighted by molar-refractivity contribution is 0.680. The highest BCUT2D eigenvalue weighted by Gasteiger charge is 2.12. The number of hydrogen-bond donors (Lipinski definition) is 0. The molecule has 4 heteroatoms. The molecule has 0 aliphatic rings. The number of hydrogen-bond acceptors (Lipinski definition) is 2. The number of aromatic nitrogens is 3. The molecule has 0 amide bonds. The molecular weight excluding hydrogens is 342 g/mol. The van der Waals surface area contributed by atoms with Crippen LogP contribution in [-0.2, 0) is 12.4 Å². The van der Waals surface area contributed by atoms with Gasteiger partial charge in [-0.3, -0.25) is 9.67 Å². The van der Waals surface area contributed by atoms with Crippen molar-refractivity contribution >= 4 is 11.6 Å². The second-order valence-electron chi connectivity index (χ2n) is 6.06. The van der Waals surface area contributed by atoms with Crippen LogP contribution in [0.5, 0.6) is 0 Å². The molecule has 2 aromatic carbocycles. The molecule has 0 unspecified atom stereocenters. The van der Waals surface area contributed by atoms with E-state index in [4.69, 9.17) is 16.7 Å². The van der Waals surface area contributed by atoms with Gasteiger partial charge in [0.05, 0.1) is 35.2 Å². The maximum atomic E-state index is 5.93. The Hall–Kier alpha value is -2.91. The van der Waals surface area contributed by atoms with E-state index in [0.29, 0.717) is 12.4 Å². The van der Waals surface area contributed by atoms with E-state index in [1.165, 1.54) is 0 Å². The maximum Gasteiger partial charge on any atom is 0.0929 e. The molecule has 3 nitrogen and oxygen atoms in total. The highest BCUT2D eigenvalue weighted by Crippen LogP contribution is 2.26. The lowest BCUT2D eigenvalue weighted by atomic mass is 10.1. The topological polar surface area (TPSA) is 30.7 Å². The van der Waals surface area contributed by atoms with Gasteiger partial charge >= 0.3 is 0 Å². The molecule has 0 saturated carbocycles. The van der Waals surface area contributed by atoms with Crippen molar-refractivity contribution in [3.63, 3.8) is 0 Å². The van der Waals surface area contributed by atoms with Gasteiger partial charge in [-0.1, -0.05) is 66.7 Å². The Labute approximate surface area is 157 Å². The zero-order chi connectivity index (χ0) is 17.8. The Morgan fingerprint density at radius 3 is 2.08 bits per heavy atom. The Morgan fingerprint density at radius 2 is 1.38 bits per heavy atom. The molecular formula is C22H18ClN3. The summed E-state index contributed by atoms with van der Waals surface area (Å²) < 4.78 is 2.01. The van der Waals surface area contributed by atoms with E-state index >= 15 is 0 Å². The number of benzene rings is 2. The third-order valence-corrected chi connectivity index (χ3v) is 4.51. The summed E-state index contributed by atoms with van der Waals surface area (Å²) in [6.45, 7) is 0.599. The van der Waals surface area contributed by atoms with E-state index in [0.717, 1.165) is 33.9 Å². The zero-order valence-electron chi connectivity index (χ0n) is 14.2. The zero-order valence-corrected chi connectivity index (χ0v) is 15.0. The van der Waals surface area contributed by atoms with Crippen LogP contribution < -0.4 is 0 Å². The molecule has 0 atom stereocenters. The van der Waals surface area contributed by atoms with E-state index in [-0.39, 0.29) is 0 Å². The van der Waals surface area contributed by atoms with Crippen molar-refractivity contribution in [3.8, 4) is 22.5 Å². The second-order valence-corrected chi connectivity index (χ2v) is 6.33.